The third kappa shape index (κ3) is 7.67. The zero-order valence-corrected chi connectivity index (χ0v) is 23.7. The predicted octanol–water partition coefficient (Wildman–Crippen LogP) is 2.68. The van der Waals surface area contributed by atoms with Crippen molar-refractivity contribution in [1.29, 1.82) is 0 Å². The molecular weight excluding hydrogens is 536 g/mol. The van der Waals surface area contributed by atoms with Gasteiger partial charge >= 0.3 is 11.9 Å². The average molecular weight is 573 g/mol. The first kappa shape index (κ1) is 30.1. The highest BCUT2D eigenvalue weighted by Gasteiger charge is 2.44. The maximum atomic E-state index is 12.0. The lowest BCUT2D eigenvalue weighted by atomic mass is 9.84. The smallest absolute Gasteiger partial charge is 0.333 e. The molecule has 0 N–H and O–H groups in total. The van der Waals surface area contributed by atoms with Gasteiger partial charge in [-0.2, -0.15) is 0 Å². The van der Waals surface area contributed by atoms with Crippen molar-refractivity contribution in [2.24, 2.45) is 11.8 Å². The number of rotatable bonds is 12. The van der Waals surface area contributed by atoms with E-state index in [1.807, 2.05) is 38.1 Å². The van der Waals surface area contributed by atoms with Crippen molar-refractivity contribution in [1.82, 2.24) is 20.1 Å². The Bertz CT molecular complexity index is 1230. The molecule has 222 valence electrons. The van der Waals surface area contributed by atoms with E-state index in [4.69, 9.17) is 23.8 Å². The number of unbranched alkanes of at least 4 members (excludes halogenated alkanes) is 1. The van der Waals surface area contributed by atoms with Crippen molar-refractivity contribution in [3.63, 3.8) is 0 Å². The molecule has 2 amide bonds. The van der Waals surface area contributed by atoms with E-state index in [-0.39, 0.29) is 37.6 Å². The number of nitrogens with zero attached hydrogens (tertiary/aromatic N) is 4. The second kappa shape index (κ2) is 13.7. The number of hydrogen-bond donors (Lipinski definition) is 0. The van der Waals surface area contributed by atoms with Crippen molar-refractivity contribution >= 4 is 23.8 Å². The van der Waals surface area contributed by atoms with Gasteiger partial charge in [-0.1, -0.05) is 31.2 Å². The molecule has 1 aromatic carbocycles. The number of esters is 1. The molecule has 13 nitrogen and oxygen atoms in total. The Labute approximate surface area is 237 Å². The zero-order chi connectivity index (χ0) is 29.5. The fraction of sp³-hybridized carbons (Fsp3) is 0.571. The molecule has 0 aliphatic carbocycles. The van der Waals surface area contributed by atoms with Crippen LogP contribution < -0.4 is 4.74 Å². The Morgan fingerprint density at radius 1 is 1.10 bits per heavy atom. The summed E-state index contributed by atoms with van der Waals surface area (Å²) in [5, 5.41) is 9.07. The molecule has 0 spiro atoms. The lowest BCUT2D eigenvalue weighted by Gasteiger charge is -2.43. The van der Waals surface area contributed by atoms with E-state index in [2.05, 4.69) is 10.3 Å². The van der Waals surface area contributed by atoms with Gasteiger partial charge in [0.2, 0.25) is 0 Å². The molecule has 4 rings (SSSR count). The lowest BCUT2D eigenvalue weighted by Crippen LogP contribution is -2.53. The van der Waals surface area contributed by atoms with E-state index < -0.39 is 42.3 Å². The average Bonchev–Trinajstić information content (AvgIpc) is 3.55. The zero-order valence-electron chi connectivity index (χ0n) is 23.7. The number of hydrogen-bond acceptors (Lipinski definition) is 11. The van der Waals surface area contributed by atoms with Gasteiger partial charge in [0.15, 0.2) is 6.29 Å². The van der Waals surface area contributed by atoms with E-state index in [0.717, 1.165) is 5.56 Å². The lowest BCUT2D eigenvalue weighted by molar-refractivity contribution is -0.269. The second-order valence-electron chi connectivity index (χ2n) is 10.3. The summed E-state index contributed by atoms with van der Waals surface area (Å²) < 4.78 is 25.0. The van der Waals surface area contributed by atoms with E-state index in [1.54, 1.807) is 18.0 Å². The van der Waals surface area contributed by atoms with E-state index >= 15 is 0 Å². The van der Waals surface area contributed by atoms with Crippen molar-refractivity contribution in [2.75, 3.05) is 13.7 Å². The summed E-state index contributed by atoms with van der Waals surface area (Å²) in [6, 6.07) is 7.50. The van der Waals surface area contributed by atoms with Crippen LogP contribution >= 0.6 is 0 Å². The van der Waals surface area contributed by atoms with Gasteiger partial charge in [-0.3, -0.25) is 14.4 Å². The van der Waals surface area contributed by atoms with E-state index in [1.165, 1.54) is 6.92 Å². The maximum Gasteiger partial charge on any atom is 0.333 e. The number of imide groups is 1. The summed E-state index contributed by atoms with van der Waals surface area (Å²) in [6.07, 6.45) is 1.28. The van der Waals surface area contributed by atoms with Gasteiger partial charge in [-0.05, 0) is 25.0 Å². The number of hydroxylamine groups is 2. The number of amides is 2. The van der Waals surface area contributed by atoms with Crippen LogP contribution in [-0.2, 0) is 44.8 Å². The summed E-state index contributed by atoms with van der Waals surface area (Å²) in [5.74, 6) is -1.51. The topological polar surface area (TPSA) is 148 Å². The van der Waals surface area contributed by atoms with Gasteiger partial charge in [0.1, 0.15) is 23.7 Å². The Hall–Kier alpha value is -3.84. The third-order valence-electron chi connectivity index (χ3n) is 7.28. The highest BCUT2D eigenvalue weighted by atomic mass is 16.7. The molecule has 2 fully saturated rings. The van der Waals surface area contributed by atoms with Crippen LogP contribution in [0.15, 0.2) is 30.5 Å². The molecule has 41 heavy (non-hydrogen) atoms. The monoisotopic (exact) mass is 572 g/mol. The third-order valence-corrected chi connectivity index (χ3v) is 7.28. The highest BCUT2D eigenvalue weighted by Crippen LogP contribution is 2.34. The minimum Gasteiger partial charge on any atom is -0.497 e. The maximum absolute atomic E-state index is 12.0. The molecule has 0 radical (unpaired) electrons. The van der Waals surface area contributed by atoms with Gasteiger partial charge in [0.25, 0.3) is 11.8 Å². The summed E-state index contributed by atoms with van der Waals surface area (Å²) in [4.78, 5) is 52.0. The van der Waals surface area contributed by atoms with Crippen molar-refractivity contribution in [3.05, 3.63) is 30.5 Å². The van der Waals surface area contributed by atoms with Crippen LogP contribution in [0.2, 0.25) is 0 Å². The number of carbonyl (C=O) groups is 4. The predicted molar refractivity (Wildman–Crippen MR) is 142 cm³/mol. The molecule has 2 aliphatic heterocycles. The van der Waals surface area contributed by atoms with Crippen LogP contribution in [-0.4, -0.2) is 76.0 Å². The second-order valence-corrected chi connectivity index (χ2v) is 10.3. The van der Waals surface area contributed by atoms with Crippen LogP contribution in [0.1, 0.15) is 52.9 Å². The molecule has 5 unspecified atom stereocenters. The first-order chi connectivity index (χ1) is 19.7. The fourth-order valence-corrected chi connectivity index (χ4v) is 4.83. The summed E-state index contributed by atoms with van der Waals surface area (Å²) in [5.41, 5.74) is 1.51. The Morgan fingerprint density at radius 2 is 1.85 bits per heavy atom. The Balaban J connectivity index is 1.32. The number of ether oxygens (including phenoxy) is 4. The molecule has 0 bridgehead atoms. The fourth-order valence-electron chi connectivity index (χ4n) is 4.83. The summed E-state index contributed by atoms with van der Waals surface area (Å²) in [6.45, 7) is 5.92. The van der Waals surface area contributed by atoms with E-state index in [9.17, 15) is 19.2 Å². The van der Waals surface area contributed by atoms with Gasteiger partial charge in [0.05, 0.1) is 19.9 Å². The van der Waals surface area contributed by atoms with Crippen molar-refractivity contribution in [2.45, 2.75) is 77.9 Å². The molecule has 2 aliphatic rings. The molecule has 3 heterocycles. The molecule has 1 aromatic heterocycles. The Kier molecular flexibility index (Phi) is 10.1. The molecule has 2 aromatic rings. The van der Waals surface area contributed by atoms with Gasteiger partial charge in [-0.25, -0.2) is 9.48 Å². The largest absolute Gasteiger partial charge is 0.497 e. The SMILES string of the molecule is COc1cccc(-c2cn(CC3OC(OCCCCC(=O)ON4C(=O)CCC4=O)C(C)C(C)C3OC(C)=O)nn2)c1. The minimum absolute atomic E-state index is 0.0387. The van der Waals surface area contributed by atoms with Crippen molar-refractivity contribution < 1.29 is 43.0 Å². The quantitative estimate of drug-likeness (QED) is 0.210. The van der Waals surface area contributed by atoms with Crippen LogP contribution in [0.25, 0.3) is 11.3 Å². The molecule has 2 saturated heterocycles. The minimum atomic E-state index is -0.644. The van der Waals surface area contributed by atoms with E-state index in [0.29, 0.717) is 36.0 Å². The van der Waals surface area contributed by atoms with Crippen LogP contribution in [0.3, 0.4) is 0 Å². The molecule has 13 heteroatoms. The van der Waals surface area contributed by atoms with Crippen LogP contribution in [0, 0.1) is 11.8 Å². The first-order valence-corrected chi connectivity index (χ1v) is 13.7. The number of benzene rings is 1. The molecule has 5 atom stereocenters. The number of aromatic nitrogens is 3. The summed E-state index contributed by atoms with van der Waals surface area (Å²) >= 11 is 0. The van der Waals surface area contributed by atoms with Crippen LogP contribution in [0.4, 0.5) is 0 Å². The van der Waals surface area contributed by atoms with Gasteiger partial charge < -0.3 is 23.8 Å². The molecule has 0 saturated carbocycles. The van der Waals surface area contributed by atoms with Gasteiger partial charge in [-0.15, -0.1) is 10.2 Å². The van der Waals surface area contributed by atoms with Gasteiger partial charge in [0, 0.05) is 50.2 Å². The van der Waals surface area contributed by atoms with Crippen LogP contribution in [0.5, 0.6) is 5.75 Å². The summed E-state index contributed by atoms with van der Waals surface area (Å²) in [7, 11) is 1.60. The highest BCUT2D eigenvalue weighted by molar-refractivity contribution is 6.01. The Morgan fingerprint density at radius 3 is 2.56 bits per heavy atom. The number of methoxy groups -OCH3 is 1. The number of carbonyl (C=O) groups excluding carboxylic acids is 4. The molecular formula is C28H36N4O9. The van der Waals surface area contributed by atoms with Crippen molar-refractivity contribution in [3.8, 4) is 17.0 Å². The standard InChI is InChI=1S/C28H36N4O9/c1-17-18(2)28(38-13-6-5-10-26(36)41-32-24(34)11-12-25(32)35)40-23(27(17)39-19(3)33)16-31-15-22(29-30-31)20-8-7-9-21(14-20)37-4/h7-9,14-15,17-18,23,27-28H,5-6,10-13,16H2,1-4H3. The first-order valence-electron chi connectivity index (χ1n) is 13.7. The normalized spacial score (nSPS) is 24.4.